The summed E-state index contributed by atoms with van der Waals surface area (Å²) in [5.41, 5.74) is -0.824. The smallest absolute Gasteiger partial charge is 0.365 e. The summed E-state index contributed by atoms with van der Waals surface area (Å²) in [4.78, 5) is 23.4. The highest BCUT2D eigenvalue weighted by atomic mass is 35.5. The molecule has 2 aromatic heterocycles. The fraction of sp³-hybridized carbons (Fsp3) is 0.500. The quantitative estimate of drug-likeness (QED) is 0.786. The Hall–Kier alpha value is -2.36. The first-order valence-corrected chi connectivity index (χ1v) is 8.73. The van der Waals surface area contributed by atoms with Crippen molar-refractivity contribution in [3.8, 4) is 0 Å². The summed E-state index contributed by atoms with van der Waals surface area (Å²) in [6.07, 6.45) is -1.87. The molecule has 1 aliphatic rings. The summed E-state index contributed by atoms with van der Waals surface area (Å²) in [7, 11) is 0. The number of alkyl halides is 3. The molecule has 0 aliphatic carbocycles. The molecule has 0 unspecified atom stereocenters. The molecule has 0 N–H and O–H groups in total. The summed E-state index contributed by atoms with van der Waals surface area (Å²) in [6.45, 7) is 5.35. The van der Waals surface area contributed by atoms with Crippen molar-refractivity contribution in [2.24, 2.45) is 0 Å². The van der Waals surface area contributed by atoms with Crippen LogP contribution in [-0.2, 0) is 6.18 Å². The van der Waals surface area contributed by atoms with Crippen molar-refractivity contribution in [1.82, 2.24) is 19.7 Å². The van der Waals surface area contributed by atoms with Gasteiger partial charge in [0.25, 0.3) is 5.56 Å². The molecule has 0 saturated carbocycles. The monoisotopic (exact) mass is 402 g/mol. The molecule has 0 radical (unpaired) electrons. The minimum atomic E-state index is -4.51. The van der Waals surface area contributed by atoms with Crippen molar-refractivity contribution >= 4 is 23.2 Å². The van der Waals surface area contributed by atoms with E-state index in [1.54, 1.807) is 11.1 Å². The van der Waals surface area contributed by atoms with Gasteiger partial charge in [0.1, 0.15) is 10.7 Å². The summed E-state index contributed by atoms with van der Waals surface area (Å²) >= 11 is 6.22. The Morgan fingerprint density at radius 1 is 1.15 bits per heavy atom. The topological polar surface area (TPSA) is 67.2 Å². The Balaban J connectivity index is 1.75. The van der Waals surface area contributed by atoms with Gasteiger partial charge in [-0.25, -0.2) is 14.6 Å². The van der Waals surface area contributed by atoms with Gasteiger partial charge in [-0.05, 0) is 19.9 Å². The van der Waals surface area contributed by atoms with E-state index in [0.717, 1.165) is 12.3 Å². The second-order valence-corrected chi connectivity index (χ2v) is 6.78. The summed E-state index contributed by atoms with van der Waals surface area (Å²) in [6, 6.07) is 0.730. The fourth-order valence-corrected chi connectivity index (χ4v) is 3.09. The Kier molecular flexibility index (Phi) is 5.27. The molecular weight excluding hydrogens is 385 g/mol. The third-order valence-electron chi connectivity index (χ3n) is 4.25. The van der Waals surface area contributed by atoms with Crippen molar-refractivity contribution in [3.63, 3.8) is 0 Å². The molecule has 7 nitrogen and oxygen atoms in total. The lowest BCUT2D eigenvalue weighted by molar-refractivity contribution is -0.141. The highest BCUT2D eigenvalue weighted by molar-refractivity contribution is 6.33. The molecular formula is C16H18ClF3N6O. The van der Waals surface area contributed by atoms with Crippen LogP contribution in [0.2, 0.25) is 5.02 Å². The van der Waals surface area contributed by atoms with Gasteiger partial charge in [0.2, 0.25) is 5.95 Å². The van der Waals surface area contributed by atoms with Crippen LogP contribution in [0.4, 0.5) is 24.8 Å². The number of hydrogen-bond donors (Lipinski definition) is 0. The van der Waals surface area contributed by atoms with Crippen LogP contribution in [0.5, 0.6) is 0 Å². The Morgan fingerprint density at radius 3 is 2.37 bits per heavy atom. The fourth-order valence-electron chi connectivity index (χ4n) is 2.83. The van der Waals surface area contributed by atoms with Crippen molar-refractivity contribution in [2.75, 3.05) is 36.0 Å². The third kappa shape index (κ3) is 4.00. The number of hydrogen-bond acceptors (Lipinski definition) is 6. The summed E-state index contributed by atoms with van der Waals surface area (Å²) < 4.78 is 39.8. The molecule has 2 aromatic rings. The lowest BCUT2D eigenvalue weighted by Gasteiger charge is -2.36. The van der Waals surface area contributed by atoms with Gasteiger partial charge in [0, 0.05) is 32.4 Å². The molecule has 146 valence electrons. The molecule has 1 fully saturated rings. The summed E-state index contributed by atoms with van der Waals surface area (Å²) in [5.74, 6) is 0.0314. The van der Waals surface area contributed by atoms with Crippen LogP contribution in [0.15, 0.2) is 23.3 Å². The number of rotatable bonds is 3. The Morgan fingerprint density at radius 2 is 1.78 bits per heavy atom. The lowest BCUT2D eigenvalue weighted by atomic mass is 10.3. The number of piperazine rings is 1. The van der Waals surface area contributed by atoms with E-state index in [9.17, 15) is 18.0 Å². The van der Waals surface area contributed by atoms with Gasteiger partial charge in [-0.1, -0.05) is 11.6 Å². The SMILES string of the molecule is CC(C)n1ncc(N2CCN(c3nccc(C(F)(F)F)n3)CC2)c(Cl)c1=O. The predicted octanol–water partition coefficient (Wildman–Crippen LogP) is 2.61. The number of anilines is 2. The van der Waals surface area contributed by atoms with Crippen LogP contribution in [-0.4, -0.2) is 45.9 Å². The molecule has 3 heterocycles. The van der Waals surface area contributed by atoms with E-state index in [1.807, 2.05) is 18.7 Å². The van der Waals surface area contributed by atoms with Crippen LogP contribution in [0.1, 0.15) is 25.6 Å². The lowest BCUT2D eigenvalue weighted by Crippen LogP contribution is -2.47. The zero-order chi connectivity index (χ0) is 19.8. The van der Waals surface area contributed by atoms with Gasteiger partial charge in [0.05, 0.1) is 17.9 Å². The van der Waals surface area contributed by atoms with Crippen LogP contribution in [0.25, 0.3) is 0 Å². The van der Waals surface area contributed by atoms with Crippen LogP contribution >= 0.6 is 11.6 Å². The molecule has 0 spiro atoms. The molecule has 1 saturated heterocycles. The maximum Gasteiger partial charge on any atom is 0.433 e. The molecule has 27 heavy (non-hydrogen) atoms. The molecule has 0 amide bonds. The normalized spacial score (nSPS) is 15.5. The van der Waals surface area contributed by atoms with E-state index >= 15 is 0 Å². The van der Waals surface area contributed by atoms with Gasteiger partial charge < -0.3 is 9.80 Å². The number of aromatic nitrogens is 4. The number of halogens is 4. The molecule has 0 atom stereocenters. The average Bonchev–Trinajstić information content (AvgIpc) is 2.63. The maximum atomic E-state index is 12.8. The van der Waals surface area contributed by atoms with Crippen LogP contribution in [0, 0.1) is 0 Å². The molecule has 1 aliphatic heterocycles. The van der Waals surface area contributed by atoms with Gasteiger partial charge >= 0.3 is 6.18 Å². The minimum absolute atomic E-state index is 0.0314. The molecule has 11 heteroatoms. The van der Waals surface area contributed by atoms with E-state index in [0.29, 0.717) is 31.9 Å². The highest BCUT2D eigenvalue weighted by Crippen LogP contribution is 2.29. The largest absolute Gasteiger partial charge is 0.433 e. The Labute approximate surface area is 158 Å². The van der Waals surface area contributed by atoms with Crippen molar-refractivity contribution < 1.29 is 13.2 Å². The van der Waals surface area contributed by atoms with E-state index in [2.05, 4.69) is 15.1 Å². The van der Waals surface area contributed by atoms with Crippen molar-refractivity contribution in [3.05, 3.63) is 39.5 Å². The number of nitrogens with zero attached hydrogens (tertiary/aromatic N) is 6. The van der Waals surface area contributed by atoms with Gasteiger partial charge in [-0.15, -0.1) is 0 Å². The van der Waals surface area contributed by atoms with E-state index < -0.39 is 11.9 Å². The first kappa shape index (κ1) is 19.4. The van der Waals surface area contributed by atoms with Crippen molar-refractivity contribution in [1.29, 1.82) is 0 Å². The maximum absolute atomic E-state index is 12.8. The van der Waals surface area contributed by atoms with Gasteiger partial charge in [-0.3, -0.25) is 4.79 Å². The third-order valence-corrected chi connectivity index (χ3v) is 4.61. The molecule has 0 aromatic carbocycles. The Bertz CT molecular complexity index is 877. The minimum Gasteiger partial charge on any atom is -0.365 e. The predicted molar refractivity (Wildman–Crippen MR) is 95.4 cm³/mol. The zero-order valence-corrected chi connectivity index (χ0v) is 15.5. The first-order valence-electron chi connectivity index (χ1n) is 8.36. The van der Waals surface area contributed by atoms with Crippen molar-refractivity contribution in [2.45, 2.75) is 26.1 Å². The van der Waals surface area contributed by atoms with E-state index in [4.69, 9.17) is 11.6 Å². The second-order valence-electron chi connectivity index (χ2n) is 6.40. The zero-order valence-electron chi connectivity index (χ0n) is 14.7. The van der Waals surface area contributed by atoms with E-state index in [-0.39, 0.29) is 22.6 Å². The van der Waals surface area contributed by atoms with Gasteiger partial charge in [-0.2, -0.15) is 18.3 Å². The standard InChI is InChI=1S/C16H18ClF3N6O/c1-10(2)26-14(27)13(17)11(9-22-26)24-5-7-25(8-6-24)15-21-4-3-12(23-15)16(18,19)20/h3-4,9-10H,5-8H2,1-2H3. The van der Waals surface area contributed by atoms with Crippen LogP contribution in [0.3, 0.4) is 0 Å². The highest BCUT2D eigenvalue weighted by Gasteiger charge is 2.33. The second kappa shape index (κ2) is 7.34. The summed E-state index contributed by atoms with van der Waals surface area (Å²) in [5, 5.41) is 4.23. The first-order chi connectivity index (χ1) is 12.7. The van der Waals surface area contributed by atoms with E-state index in [1.165, 1.54) is 4.68 Å². The molecule has 3 rings (SSSR count). The molecule has 0 bridgehead atoms. The van der Waals surface area contributed by atoms with Gasteiger partial charge in [0.15, 0.2) is 0 Å². The van der Waals surface area contributed by atoms with Crippen LogP contribution < -0.4 is 15.4 Å². The average molecular weight is 403 g/mol.